The zero-order valence-corrected chi connectivity index (χ0v) is 13.0. The van der Waals surface area contributed by atoms with Crippen LogP contribution in [0.3, 0.4) is 0 Å². The third kappa shape index (κ3) is 2.97. The second-order valence-electron chi connectivity index (χ2n) is 6.35. The predicted molar refractivity (Wildman–Crippen MR) is 85.6 cm³/mol. The highest BCUT2D eigenvalue weighted by Gasteiger charge is 2.31. The van der Waals surface area contributed by atoms with Gasteiger partial charge in [0.05, 0.1) is 6.04 Å². The zero-order valence-electron chi connectivity index (χ0n) is 13.0. The number of rotatable bonds is 2. The van der Waals surface area contributed by atoms with Crippen molar-refractivity contribution < 1.29 is 4.79 Å². The number of carbonyl (C=O) groups is 1. The minimum Gasteiger partial charge on any atom is -0.314 e. The first-order valence-electron chi connectivity index (χ1n) is 8.01. The Morgan fingerprint density at radius 1 is 1.29 bits per heavy atom. The Bertz CT molecular complexity index is 511. The minimum absolute atomic E-state index is 0.0366. The van der Waals surface area contributed by atoms with Crippen LogP contribution in [0.2, 0.25) is 0 Å². The van der Waals surface area contributed by atoms with Crippen molar-refractivity contribution in [3.05, 3.63) is 29.8 Å². The van der Waals surface area contributed by atoms with E-state index >= 15 is 0 Å². The molecule has 1 N–H and O–H groups in total. The van der Waals surface area contributed by atoms with Gasteiger partial charge < -0.3 is 10.2 Å². The lowest BCUT2D eigenvalue weighted by Crippen LogP contribution is -2.54. The van der Waals surface area contributed by atoms with E-state index in [-0.39, 0.29) is 11.9 Å². The van der Waals surface area contributed by atoms with E-state index in [1.165, 1.54) is 5.56 Å². The summed E-state index contributed by atoms with van der Waals surface area (Å²) in [5.41, 5.74) is 2.42. The van der Waals surface area contributed by atoms with E-state index in [9.17, 15) is 4.79 Å². The van der Waals surface area contributed by atoms with E-state index in [0.717, 1.165) is 44.8 Å². The van der Waals surface area contributed by atoms with Crippen molar-refractivity contribution in [2.45, 2.75) is 26.3 Å². The van der Waals surface area contributed by atoms with E-state index in [2.05, 4.69) is 42.3 Å². The van der Waals surface area contributed by atoms with Crippen LogP contribution >= 0.6 is 0 Å². The van der Waals surface area contributed by atoms with Gasteiger partial charge in [0.25, 0.3) is 0 Å². The molecule has 0 aromatic heterocycles. The quantitative estimate of drug-likeness (QED) is 0.895. The smallest absolute Gasteiger partial charge is 0.244 e. The summed E-state index contributed by atoms with van der Waals surface area (Å²) in [6.45, 7) is 8.98. The molecule has 0 radical (unpaired) electrons. The van der Waals surface area contributed by atoms with Gasteiger partial charge >= 0.3 is 0 Å². The largest absolute Gasteiger partial charge is 0.314 e. The molecule has 2 heterocycles. The van der Waals surface area contributed by atoms with E-state index in [0.29, 0.717) is 5.92 Å². The van der Waals surface area contributed by atoms with Gasteiger partial charge in [-0.05, 0) is 30.9 Å². The van der Waals surface area contributed by atoms with Gasteiger partial charge in [-0.2, -0.15) is 0 Å². The van der Waals surface area contributed by atoms with Crippen molar-refractivity contribution in [2.24, 2.45) is 5.92 Å². The van der Waals surface area contributed by atoms with Gasteiger partial charge in [0.15, 0.2) is 0 Å². The van der Waals surface area contributed by atoms with Gasteiger partial charge in [-0.15, -0.1) is 0 Å². The summed E-state index contributed by atoms with van der Waals surface area (Å²) in [6, 6.07) is 8.30. The molecule has 2 aliphatic heterocycles. The van der Waals surface area contributed by atoms with Gasteiger partial charge in [-0.3, -0.25) is 9.69 Å². The van der Waals surface area contributed by atoms with Crippen LogP contribution in [0.15, 0.2) is 24.3 Å². The van der Waals surface area contributed by atoms with Crippen LogP contribution in [-0.2, 0) is 11.2 Å². The number of para-hydroxylation sites is 1. The topological polar surface area (TPSA) is 35.6 Å². The maximum Gasteiger partial charge on any atom is 0.244 e. The maximum atomic E-state index is 13.0. The number of amides is 1. The normalized spacial score (nSPS) is 24.5. The SMILES string of the molecule is CC1Cc2ccccc2N(C(=O)C(C)N2CCNCC2)C1. The molecule has 1 fully saturated rings. The number of benzene rings is 1. The molecule has 0 saturated carbocycles. The number of fused-ring (bicyclic) bond motifs is 1. The molecule has 1 saturated heterocycles. The summed E-state index contributed by atoms with van der Waals surface area (Å²) in [5, 5.41) is 3.34. The molecule has 114 valence electrons. The molecular weight excluding hydrogens is 262 g/mol. The Kier molecular flexibility index (Phi) is 4.27. The third-order valence-corrected chi connectivity index (χ3v) is 4.67. The molecule has 21 heavy (non-hydrogen) atoms. The highest BCUT2D eigenvalue weighted by molar-refractivity contribution is 5.98. The zero-order chi connectivity index (χ0) is 14.8. The standard InChI is InChI=1S/C17H25N3O/c1-13-11-15-5-3-4-6-16(15)20(12-13)17(21)14(2)19-9-7-18-8-10-19/h3-6,13-14,18H,7-12H2,1-2H3. The monoisotopic (exact) mass is 287 g/mol. The van der Waals surface area contributed by atoms with Gasteiger partial charge in [-0.25, -0.2) is 0 Å². The van der Waals surface area contributed by atoms with Crippen molar-refractivity contribution >= 4 is 11.6 Å². The van der Waals surface area contributed by atoms with Gasteiger partial charge in [0, 0.05) is 38.4 Å². The molecule has 0 spiro atoms. The molecule has 2 unspecified atom stereocenters. The van der Waals surface area contributed by atoms with Crippen molar-refractivity contribution in [3.63, 3.8) is 0 Å². The molecule has 4 heteroatoms. The van der Waals surface area contributed by atoms with Crippen molar-refractivity contribution in [2.75, 3.05) is 37.6 Å². The molecule has 0 bridgehead atoms. The van der Waals surface area contributed by atoms with Crippen molar-refractivity contribution in [3.8, 4) is 0 Å². The van der Waals surface area contributed by atoms with Crippen LogP contribution in [0, 0.1) is 5.92 Å². The number of carbonyl (C=O) groups excluding carboxylic acids is 1. The molecule has 3 rings (SSSR count). The summed E-state index contributed by atoms with van der Waals surface area (Å²) in [4.78, 5) is 17.3. The Hall–Kier alpha value is -1.39. The lowest BCUT2D eigenvalue weighted by atomic mass is 9.93. The summed E-state index contributed by atoms with van der Waals surface area (Å²) < 4.78 is 0. The van der Waals surface area contributed by atoms with Crippen LogP contribution in [0.4, 0.5) is 5.69 Å². The summed E-state index contributed by atoms with van der Waals surface area (Å²) >= 11 is 0. The molecule has 2 aliphatic rings. The van der Waals surface area contributed by atoms with Crippen LogP contribution < -0.4 is 10.2 Å². The number of hydrogen-bond acceptors (Lipinski definition) is 3. The molecule has 2 atom stereocenters. The maximum absolute atomic E-state index is 13.0. The van der Waals surface area contributed by atoms with E-state index in [1.54, 1.807) is 0 Å². The van der Waals surface area contributed by atoms with Crippen molar-refractivity contribution in [1.82, 2.24) is 10.2 Å². The molecule has 1 amide bonds. The molecule has 1 aromatic carbocycles. The average molecular weight is 287 g/mol. The number of anilines is 1. The van der Waals surface area contributed by atoms with Gasteiger partial charge in [0.2, 0.25) is 5.91 Å². The minimum atomic E-state index is -0.0366. The molecule has 0 aliphatic carbocycles. The summed E-state index contributed by atoms with van der Waals surface area (Å²) in [7, 11) is 0. The lowest BCUT2D eigenvalue weighted by molar-refractivity contribution is -0.123. The van der Waals surface area contributed by atoms with E-state index < -0.39 is 0 Å². The van der Waals surface area contributed by atoms with Crippen LogP contribution in [0.5, 0.6) is 0 Å². The lowest BCUT2D eigenvalue weighted by Gasteiger charge is -2.38. The van der Waals surface area contributed by atoms with Gasteiger partial charge in [-0.1, -0.05) is 25.1 Å². The second-order valence-corrected chi connectivity index (χ2v) is 6.35. The fraction of sp³-hybridized carbons (Fsp3) is 0.588. The van der Waals surface area contributed by atoms with E-state index in [1.807, 2.05) is 11.0 Å². The number of piperazine rings is 1. The Balaban J connectivity index is 1.80. The predicted octanol–water partition coefficient (Wildman–Crippen LogP) is 1.51. The number of nitrogens with one attached hydrogen (secondary N) is 1. The second kappa shape index (κ2) is 6.16. The first kappa shape index (κ1) is 14.5. The van der Waals surface area contributed by atoms with Crippen LogP contribution in [0.25, 0.3) is 0 Å². The first-order valence-corrected chi connectivity index (χ1v) is 8.01. The van der Waals surface area contributed by atoms with Crippen LogP contribution in [-0.4, -0.2) is 49.6 Å². The first-order chi connectivity index (χ1) is 10.2. The van der Waals surface area contributed by atoms with Crippen molar-refractivity contribution in [1.29, 1.82) is 0 Å². The average Bonchev–Trinajstić information content (AvgIpc) is 2.53. The molecule has 4 nitrogen and oxygen atoms in total. The summed E-state index contributed by atoms with van der Waals surface area (Å²) in [5.74, 6) is 0.773. The Labute approximate surface area is 127 Å². The Morgan fingerprint density at radius 3 is 2.76 bits per heavy atom. The fourth-order valence-corrected chi connectivity index (χ4v) is 3.46. The summed E-state index contributed by atoms with van der Waals surface area (Å²) in [6.07, 6.45) is 1.07. The third-order valence-electron chi connectivity index (χ3n) is 4.67. The number of nitrogens with zero attached hydrogens (tertiary/aromatic N) is 2. The molecule has 1 aromatic rings. The molecular formula is C17H25N3O. The fourth-order valence-electron chi connectivity index (χ4n) is 3.46. The highest BCUT2D eigenvalue weighted by Crippen LogP contribution is 2.30. The highest BCUT2D eigenvalue weighted by atomic mass is 16.2. The van der Waals surface area contributed by atoms with E-state index in [4.69, 9.17) is 0 Å². The van der Waals surface area contributed by atoms with Crippen LogP contribution in [0.1, 0.15) is 19.4 Å². The Morgan fingerprint density at radius 2 is 2.00 bits per heavy atom. The van der Waals surface area contributed by atoms with Gasteiger partial charge in [0.1, 0.15) is 0 Å². The number of hydrogen-bond donors (Lipinski definition) is 1.